The summed E-state index contributed by atoms with van der Waals surface area (Å²) in [5.74, 6) is 0. The Bertz CT molecular complexity index is 184. The first-order chi connectivity index (χ1) is 5.90. The van der Waals surface area contributed by atoms with E-state index in [9.17, 15) is 4.39 Å². The van der Waals surface area contributed by atoms with Crippen LogP contribution in [0.4, 0.5) is 4.39 Å². The van der Waals surface area contributed by atoms with Crippen LogP contribution in [0, 0.1) is 0 Å². The Morgan fingerprint density at radius 2 is 1.77 bits per heavy atom. The van der Waals surface area contributed by atoms with Crippen molar-refractivity contribution in [2.45, 2.75) is 30.5 Å². The van der Waals surface area contributed by atoms with Gasteiger partial charge in [0.15, 0.2) is 6.10 Å². The van der Waals surface area contributed by atoms with Crippen LogP contribution in [0.5, 0.6) is 0 Å². The predicted octanol–water partition coefficient (Wildman–Crippen LogP) is -2.92. The second kappa shape index (κ2) is 3.45. The Balaban J connectivity index is 2.79. The highest BCUT2D eigenvalue weighted by Gasteiger charge is 2.53. The first-order valence-corrected chi connectivity index (χ1v) is 3.64. The van der Waals surface area contributed by atoms with E-state index in [1.54, 1.807) is 0 Å². The number of ether oxygens (including phenoxy) is 1. The van der Waals surface area contributed by atoms with Gasteiger partial charge in [-0.05, 0) is 0 Å². The van der Waals surface area contributed by atoms with Crippen molar-refractivity contribution in [3.05, 3.63) is 0 Å². The fourth-order valence-corrected chi connectivity index (χ4v) is 1.11. The summed E-state index contributed by atoms with van der Waals surface area (Å²) >= 11 is 0. The molecule has 0 aromatic heterocycles. The summed E-state index contributed by atoms with van der Waals surface area (Å²) in [6.07, 6.45) is -7.27. The van der Waals surface area contributed by atoms with Gasteiger partial charge in [0.05, 0.1) is 6.61 Å². The molecule has 0 aromatic rings. The second-order valence-corrected chi connectivity index (χ2v) is 2.87. The van der Waals surface area contributed by atoms with Gasteiger partial charge >= 0.3 is 6.04 Å². The molecule has 13 heavy (non-hydrogen) atoms. The number of aliphatic hydroxyl groups excluding tert-OH is 4. The molecule has 5 atom stereocenters. The van der Waals surface area contributed by atoms with Gasteiger partial charge in [-0.25, -0.2) is 0 Å². The third-order valence-corrected chi connectivity index (χ3v) is 1.92. The molecule has 0 saturated carbocycles. The second-order valence-electron chi connectivity index (χ2n) is 2.87. The predicted molar refractivity (Wildman–Crippen MR) is 36.0 cm³/mol. The number of hydrogen-bond donors (Lipinski definition) is 5. The Labute approximate surface area is 72.8 Å². The highest BCUT2D eigenvalue weighted by molar-refractivity contribution is 4.91. The van der Waals surface area contributed by atoms with Crippen molar-refractivity contribution >= 4 is 0 Å². The zero-order chi connectivity index (χ0) is 10.2. The summed E-state index contributed by atoms with van der Waals surface area (Å²) < 4.78 is 16.9. The first-order valence-electron chi connectivity index (χ1n) is 3.64. The average Bonchev–Trinajstić information content (AvgIpc) is 2.08. The quantitative estimate of drug-likeness (QED) is 0.308. The number of aliphatic hydroxyl groups is 5. The molecule has 1 heterocycles. The number of alkyl halides is 1. The molecule has 0 radical (unpaired) electrons. The molecule has 1 rings (SSSR count). The molecule has 0 aliphatic carbocycles. The van der Waals surface area contributed by atoms with Crippen molar-refractivity contribution in [3.63, 3.8) is 0 Å². The Kier molecular flexibility index (Phi) is 2.85. The van der Waals surface area contributed by atoms with Gasteiger partial charge in [-0.2, -0.15) is 4.39 Å². The number of hydrogen-bond acceptors (Lipinski definition) is 6. The van der Waals surface area contributed by atoms with Crippen LogP contribution in [0.3, 0.4) is 0 Å². The Hall–Kier alpha value is -0.310. The molecule has 78 valence electrons. The van der Waals surface area contributed by atoms with Crippen molar-refractivity contribution in [1.29, 1.82) is 0 Å². The molecular formula is C6H11FO6. The van der Waals surface area contributed by atoms with Gasteiger partial charge < -0.3 is 30.3 Å². The van der Waals surface area contributed by atoms with Gasteiger partial charge in [0.1, 0.15) is 18.3 Å². The van der Waals surface area contributed by atoms with Crippen molar-refractivity contribution < 1.29 is 34.7 Å². The maximum Gasteiger partial charge on any atom is 0.347 e. The van der Waals surface area contributed by atoms with E-state index in [-0.39, 0.29) is 0 Å². The van der Waals surface area contributed by atoms with Gasteiger partial charge in [0.2, 0.25) is 0 Å². The van der Waals surface area contributed by atoms with Gasteiger partial charge in [0.25, 0.3) is 0 Å². The molecule has 0 spiro atoms. The summed E-state index contributed by atoms with van der Waals surface area (Å²) in [5, 5.41) is 44.2. The van der Waals surface area contributed by atoms with Crippen LogP contribution in [0.25, 0.3) is 0 Å². The van der Waals surface area contributed by atoms with E-state index >= 15 is 0 Å². The minimum Gasteiger partial charge on any atom is -0.394 e. The molecule has 1 aliphatic rings. The molecule has 7 heteroatoms. The zero-order valence-electron chi connectivity index (χ0n) is 6.54. The van der Waals surface area contributed by atoms with Gasteiger partial charge in [0, 0.05) is 0 Å². The third-order valence-electron chi connectivity index (χ3n) is 1.92. The van der Waals surface area contributed by atoms with Crippen molar-refractivity contribution in [1.82, 2.24) is 0 Å². The van der Waals surface area contributed by atoms with Crippen molar-refractivity contribution in [3.8, 4) is 0 Å². The lowest BCUT2D eigenvalue weighted by Gasteiger charge is -2.40. The summed E-state index contributed by atoms with van der Waals surface area (Å²) in [6, 6.07) is -3.45. The van der Waals surface area contributed by atoms with Gasteiger partial charge in [-0.15, -0.1) is 0 Å². The number of halogens is 1. The van der Waals surface area contributed by atoms with Crippen LogP contribution >= 0.6 is 0 Å². The van der Waals surface area contributed by atoms with Crippen LogP contribution < -0.4 is 0 Å². The topological polar surface area (TPSA) is 110 Å². The molecular weight excluding hydrogens is 187 g/mol. The first kappa shape index (κ1) is 10.8. The van der Waals surface area contributed by atoms with Crippen molar-refractivity contribution in [2.75, 3.05) is 6.61 Å². The van der Waals surface area contributed by atoms with Crippen LogP contribution in [0.15, 0.2) is 0 Å². The Morgan fingerprint density at radius 3 is 2.23 bits per heavy atom. The molecule has 1 fully saturated rings. The molecule has 5 N–H and O–H groups in total. The highest BCUT2D eigenvalue weighted by atomic mass is 19.2. The third kappa shape index (κ3) is 1.80. The standard InChI is InChI=1S/C6H11FO6/c7-6(12)5(11)4(10)3(9)2(1-8)13-6/h2-5,8-12H,1H2/t2-,3+,4+,5-,6+/m1/s1. The molecule has 0 amide bonds. The maximum absolute atomic E-state index is 12.8. The van der Waals surface area contributed by atoms with Gasteiger partial charge in [-0.1, -0.05) is 0 Å². The summed E-state index contributed by atoms with van der Waals surface area (Å²) in [4.78, 5) is 0. The summed E-state index contributed by atoms with van der Waals surface area (Å²) in [6.45, 7) is -0.781. The lowest BCUT2D eigenvalue weighted by Crippen LogP contribution is -2.63. The van der Waals surface area contributed by atoms with E-state index in [1.165, 1.54) is 0 Å². The van der Waals surface area contributed by atoms with E-state index in [0.717, 1.165) is 0 Å². The highest BCUT2D eigenvalue weighted by Crippen LogP contribution is 2.28. The lowest BCUT2D eigenvalue weighted by molar-refractivity contribution is -0.403. The summed E-state index contributed by atoms with van der Waals surface area (Å²) in [5.41, 5.74) is 0. The normalized spacial score (nSPS) is 52.2. The molecule has 6 nitrogen and oxygen atoms in total. The zero-order valence-corrected chi connectivity index (χ0v) is 6.54. The average molecular weight is 198 g/mol. The lowest BCUT2D eigenvalue weighted by atomic mass is 9.98. The van der Waals surface area contributed by atoms with E-state index in [1.807, 2.05) is 0 Å². The Morgan fingerprint density at radius 1 is 1.23 bits per heavy atom. The molecule has 1 aliphatic heterocycles. The van der Waals surface area contributed by atoms with Crippen molar-refractivity contribution in [2.24, 2.45) is 0 Å². The minimum atomic E-state index is -3.45. The fraction of sp³-hybridized carbons (Fsp3) is 1.00. The minimum absolute atomic E-state index is 0.781. The monoisotopic (exact) mass is 198 g/mol. The fourth-order valence-electron chi connectivity index (χ4n) is 1.11. The van der Waals surface area contributed by atoms with E-state index in [0.29, 0.717) is 0 Å². The van der Waals surface area contributed by atoms with E-state index in [2.05, 4.69) is 4.74 Å². The van der Waals surface area contributed by atoms with E-state index < -0.39 is 37.1 Å². The number of rotatable bonds is 1. The van der Waals surface area contributed by atoms with Gasteiger partial charge in [-0.3, -0.25) is 0 Å². The summed E-state index contributed by atoms with van der Waals surface area (Å²) in [7, 11) is 0. The largest absolute Gasteiger partial charge is 0.394 e. The molecule has 0 unspecified atom stereocenters. The van der Waals surface area contributed by atoms with Crippen LogP contribution in [0.2, 0.25) is 0 Å². The molecule has 0 aromatic carbocycles. The molecule has 0 bridgehead atoms. The van der Waals surface area contributed by atoms with Crippen LogP contribution in [-0.4, -0.2) is 62.6 Å². The van der Waals surface area contributed by atoms with Crippen LogP contribution in [0.1, 0.15) is 0 Å². The smallest absolute Gasteiger partial charge is 0.347 e. The maximum atomic E-state index is 12.8. The van der Waals surface area contributed by atoms with Crippen LogP contribution in [-0.2, 0) is 4.74 Å². The molecule has 1 saturated heterocycles. The SMILES string of the molecule is OC[C@H]1O[C@](O)(F)[C@H](O)[C@@H](O)[C@H]1O. The van der Waals surface area contributed by atoms with E-state index in [4.69, 9.17) is 25.5 Å².